The molecule has 1 N–H and O–H groups in total. The minimum atomic E-state index is -1.07. The van der Waals surface area contributed by atoms with Crippen molar-refractivity contribution in [3.63, 3.8) is 0 Å². The van der Waals surface area contributed by atoms with E-state index >= 15 is 0 Å². The fourth-order valence-corrected chi connectivity index (χ4v) is 1.84. The van der Waals surface area contributed by atoms with E-state index in [4.69, 9.17) is 16.7 Å². The summed E-state index contributed by atoms with van der Waals surface area (Å²) in [6.07, 6.45) is 0. The van der Waals surface area contributed by atoms with Gasteiger partial charge in [-0.1, -0.05) is 47.4 Å². The minimum absolute atomic E-state index is 0.00750. The number of benzene rings is 1. The number of nitrogens with zero attached hydrogens (tertiary/aromatic N) is 1. The summed E-state index contributed by atoms with van der Waals surface area (Å²) in [5.41, 5.74) is 0.686. The maximum atomic E-state index is 10.8. The molecule has 3 nitrogen and oxygen atoms in total. The number of rotatable bonds is 1. The first-order valence-corrected chi connectivity index (χ1v) is 6.24. The van der Waals surface area contributed by atoms with Gasteiger partial charge in [0.15, 0.2) is 0 Å². The molecule has 0 fully saturated rings. The number of hydrogen-bond acceptors (Lipinski definition) is 2. The lowest BCUT2D eigenvalue weighted by molar-refractivity contribution is 0.0697. The Bertz CT molecular complexity index is 557. The molecule has 5 heteroatoms. The van der Waals surface area contributed by atoms with Gasteiger partial charge < -0.3 is 5.11 Å². The van der Waals surface area contributed by atoms with Crippen molar-refractivity contribution in [2.24, 2.45) is 0 Å². The number of hydrogen-bond donors (Lipinski definition) is 1. The van der Waals surface area contributed by atoms with E-state index in [-0.39, 0.29) is 10.7 Å². The van der Waals surface area contributed by atoms with Gasteiger partial charge >= 0.3 is 5.97 Å². The molecule has 0 aliphatic heterocycles. The van der Waals surface area contributed by atoms with E-state index < -0.39 is 5.97 Å². The normalized spacial score (nSPS) is 9.65. The lowest BCUT2D eigenvalue weighted by Crippen LogP contribution is -1.99. The van der Waals surface area contributed by atoms with E-state index in [1.807, 2.05) is 19.9 Å². The first kappa shape index (κ1) is 13.9. The van der Waals surface area contributed by atoms with Gasteiger partial charge in [0.25, 0.3) is 0 Å². The van der Waals surface area contributed by atoms with Crippen LogP contribution in [0.5, 0.6) is 0 Å². The molecule has 0 radical (unpaired) electrons. The fourth-order valence-electron chi connectivity index (χ4n) is 1.27. The molecular formula is C12H11BrClNO2. The largest absolute Gasteiger partial charge is 0.478 e. The molecule has 0 saturated heterocycles. The molecule has 1 aromatic carbocycles. The Labute approximate surface area is 113 Å². The minimum Gasteiger partial charge on any atom is -0.478 e. The fraction of sp³-hybridized carbons (Fsp3) is 0.167. The Kier molecular flexibility index (Phi) is 4.90. The van der Waals surface area contributed by atoms with Crippen molar-refractivity contribution >= 4 is 44.4 Å². The molecule has 0 aliphatic rings. The third kappa shape index (κ3) is 3.17. The molecule has 2 aromatic rings. The van der Waals surface area contributed by atoms with Gasteiger partial charge in [0, 0.05) is 9.86 Å². The van der Waals surface area contributed by atoms with Crippen molar-refractivity contribution in [3.8, 4) is 0 Å². The SMILES string of the molecule is CC.O=C(O)c1cc2ccc(Br)cc2nc1Cl. The van der Waals surface area contributed by atoms with E-state index in [0.29, 0.717) is 5.52 Å². The number of aromatic carboxylic acids is 1. The standard InChI is InChI=1S/C10H5BrClNO2.C2H6/c11-6-2-1-5-3-7(10(14)15)9(12)13-8(5)4-6;1-2/h1-4H,(H,14,15);1-2H3. The van der Waals surface area contributed by atoms with E-state index in [2.05, 4.69) is 20.9 Å². The first-order chi connectivity index (χ1) is 8.08. The molecular weight excluding hydrogens is 305 g/mol. The zero-order valence-electron chi connectivity index (χ0n) is 9.37. The van der Waals surface area contributed by atoms with Gasteiger partial charge in [0.1, 0.15) is 5.15 Å². The molecule has 17 heavy (non-hydrogen) atoms. The number of fused-ring (bicyclic) bond motifs is 1. The summed E-state index contributed by atoms with van der Waals surface area (Å²) < 4.78 is 0.877. The maximum Gasteiger partial charge on any atom is 0.338 e. The maximum absolute atomic E-state index is 10.8. The molecule has 0 unspecified atom stereocenters. The number of carboxylic acids is 1. The zero-order chi connectivity index (χ0) is 13.0. The summed E-state index contributed by atoms with van der Waals surface area (Å²) in [6.45, 7) is 4.00. The topological polar surface area (TPSA) is 50.2 Å². The van der Waals surface area contributed by atoms with Crippen molar-refractivity contribution in [1.82, 2.24) is 4.98 Å². The molecule has 0 spiro atoms. The van der Waals surface area contributed by atoms with Crippen LogP contribution >= 0.6 is 27.5 Å². The summed E-state index contributed by atoms with van der Waals surface area (Å²) in [6, 6.07) is 6.91. The molecule has 0 amide bonds. The predicted molar refractivity (Wildman–Crippen MR) is 72.8 cm³/mol. The third-order valence-electron chi connectivity index (χ3n) is 1.96. The van der Waals surface area contributed by atoms with Gasteiger partial charge in [-0.05, 0) is 18.2 Å². The second-order valence-electron chi connectivity index (χ2n) is 2.97. The lowest BCUT2D eigenvalue weighted by atomic mass is 10.1. The van der Waals surface area contributed by atoms with Crippen LogP contribution in [0.3, 0.4) is 0 Å². The van der Waals surface area contributed by atoms with Crippen molar-refractivity contribution in [1.29, 1.82) is 0 Å². The molecule has 1 aromatic heterocycles. The van der Waals surface area contributed by atoms with Gasteiger partial charge in [0.2, 0.25) is 0 Å². The molecule has 0 saturated carbocycles. The predicted octanol–water partition coefficient (Wildman–Crippen LogP) is 4.38. The van der Waals surface area contributed by atoms with Gasteiger partial charge in [-0.2, -0.15) is 0 Å². The average molecular weight is 317 g/mol. The molecule has 0 bridgehead atoms. The van der Waals surface area contributed by atoms with E-state index in [1.54, 1.807) is 12.1 Å². The Balaban J connectivity index is 0.000000686. The number of aromatic nitrogens is 1. The van der Waals surface area contributed by atoms with Crippen LogP contribution in [-0.2, 0) is 0 Å². The van der Waals surface area contributed by atoms with Crippen LogP contribution in [0.1, 0.15) is 24.2 Å². The van der Waals surface area contributed by atoms with Gasteiger partial charge in [0.05, 0.1) is 11.1 Å². The van der Waals surface area contributed by atoms with Crippen LogP contribution in [-0.4, -0.2) is 16.1 Å². The zero-order valence-corrected chi connectivity index (χ0v) is 11.7. The van der Waals surface area contributed by atoms with Crippen LogP contribution in [0.25, 0.3) is 10.9 Å². The first-order valence-electron chi connectivity index (χ1n) is 5.07. The summed E-state index contributed by atoms with van der Waals surface area (Å²) in [4.78, 5) is 14.8. The Hall–Kier alpha value is -1.13. The van der Waals surface area contributed by atoms with Crippen LogP contribution in [0.2, 0.25) is 5.15 Å². The van der Waals surface area contributed by atoms with Crippen LogP contribution < -0.4 is 0 Å². The van der Waals surface area contributed by atoms with Crippen LogP contribution in [0.15, 0.2) is 28.7 Å². The summed E-state index contributed by atoms with van der Waals surface area (Å²) in [5, 5.41) is 9.60. The van der Waals surface area contributed by atoms with Crippen molar-refractivity contribution < 1.29 is 9.90 Å². The molecule has 1 heterocycles. The number of pyridine rings is 1. The molecule has 0 aliphatic carbocycles. The van der Waals surface area contributed by atoms with E-state index in [1.165, 1.54) is 6.07 Å². The van der Waals surface area contributed by atoms with Crippen molar-refractivity contribution in [3.05, 3.63) is 39.5 Å². The molecule has 2 rings (SSSR count). The second kappa shape index (κ2) is 5.98. The monoisotopic (exact) mass is 315 g/mol. The molecule has 0 atom stereocenters. The third-order valence-corrected chi connectivity index (χ3v) is 2.74. The molecule has 90 valence electrons. The number of carboxylic acid groups (broad SMARTS) is 1. The highest BCUT2D eigenvalue weighted by Gasteiger charge is 2.11. The van der Waals surface area contributed by atoms with Crippen molar-refractivity contribution in [2.45, 2.75) is 13.8 Å². The van der Waals surface area contributed by atoms with Gasteiger partial charge in [-0.3, -0.25) is 0 Å². The highest BCUT2D eigenvalue weighted by molar-refractivity contribution is 9.10. The Morgan fingerprint density at radius 1 is 1.35 bits per heavy atom. The van der Waals surface area contributed by atoms with Crippen molar-refractivity contribution in [2.75, 3.05) is 0 Å². The van der Waals surface area contributed by atoms with Crippen LogP contribution in [0.4, 0.5) is 0 Å². The van der Waals surface area contributed by atoms with Crippen LogP contribution in [0, 0.1) is 0 Å². The van der Waals surface area contributed by atoms with E-state index in [9.17, 15) is 4.79 Å². The Morgan fingerprint density at radius 2 is 2.00 bits per heavy atom. The van der Waals surface area contributed by atoms with E-state index in [0.717, 1.165) is 9.86 Å². The summed E-state index contributed by atoms with van der Waals surface area (Å²) in [7, 11) is 0. The second-order valence-corrected chi connectivity index (χ2v) is 4.24. The number of halogens is 2. The highest BCUT2D eigenvalue weighted by Crippen LogP contribution is 2.23. The van der Waals surface area contributed by atoms with Gasteiger partial charge in [-0.25, -0.2) is 9.78 Å². The van der Waals surface area contributed by atoms with Gasteiger partial charge in [-0.15, -0.1) is 0 Å². The summed E-state index contributed by atoms with van der Waals surface area (Å²) >= 11 is 9.05. The summed E-state index contributed by atoms with van der Waals surface area (Å²) in [5.74, 6) is -1.07. The quantitative estimate of drug-likeness (QED) is 0.795. The Morgan fingerprint density at radius 3 is 2.59 bits per heavy atom. The lowest BCUT2D eigenvalue weighted by Gasteiger charge is -2.02. The highest BCUT2D eigenvalue weighted by atomic mass is 79.9. The average Bonchev–Trinajstić information content (AvgIpc) is 2.30. The smallest absolute Gasteiger partial charge is 0.338 e. The number of carbonyl (C=O) groups is 1.